The van der Waals surface area contributed by atoms with E-state index >= 15 is 0 Å². The van der Waals surface area contributed by atoms with E-state index in [1.807, 2.05) is 38.1 Å². The van der Waals surface area contributed by atoms with Crippen molar-refractivity contribution in [3.8, 4) is 34.5 Å². The van der Waals surface area contributed by atoms with Crippen LogP contribution >= 0.6 is 0 Å². The van der Waals surface area contributed by atoms with Crippen LogP contribution < -0.4 is 28.4 Å². The highest BCUT2D eigenvalue weighted by Gasteiger charge is 2.30. The molecule has 0 bridgehead atoms. The molecule has 1 N–H and O–H groups in total. The van der Waals surface area contributed by atoms with Gasteiger partial charge in [-0.25, -0.2) is 0 Å². The second-order valence-corrected chi connectivity index (χ2v) is 7.71. The number of rotatable bonds is 11. The lowest BCUT2D eigenvalue weighted by molar-refractivity contribution is 0.00659. The summed E-state index contributed by atoms with van der Waals surface area (Å²) in [6.45, 7) is 3.85. The largest absolute Gasteiger partial charge is 0.493 e. The minimum Gasteiger partial charge on any atom is -0.493 e. The van der Waals surface area contributed by atoms with E-state index in [4.69, 9.17) is 28.4 Å². The van der Waals surface area contributed by atoms with Crippen molar-refractivity contribution in [3.05, 3.63) is 35.4 Å². The molecule has 0 heterocycles. The monoisotopic (exact) mass is 434 g/mol. The topological polar surface area (TPSA) is 75.6 Å². The van der Waals surface area contributed by atoms with Crippen LogP contribution in [0.3, 0.4) is 0 Å². The van der Waals surface area contributed by atoms with E-state index in [1.54, 1.807) is 42.7 Å². The Hall–Kier alpha value is -2.80. The molecule has 0 aliphatic carbocycles. The van der Waals surface area contributed by atoms with Crippen LogP contribution in [-0.2, 0) is 12.8 Å². The third kappa shape index (κ3) is 5.47. The maximum absolute atomic E-state index is 11.3. The number of hydrogen-bond donors (Lipinski definition) is 1. The first-order chi connectivity index (χ1) is 14.7. The van der Waals surface area contributed by atoms with E-state index in [-0.39, 0.29) is 5.92 Å². The summed E-state index contributed by atoms with van der Waals surface area (Å²) in [5.41, 5.74) is 0.869. The van der Waals surface area contributed by atoms with Gasteiger partial charge in [0.15, 0.2) is 23.0 Å². The Bertz CT molecular complexity index is 826. The minimum absolute atomic E-state index is 0.0746. The maximum Gasteiger partial charge on any atom is 0.203 e. The SMILES string of the molecule is COc1cc(C[C@H](C)[C@@](C)(O)Cc2cc(OC)c(OC)c(OC)c2)cc(OC)c1OC. The first-order valence-electron chi connectivity index (χ1n) is 10.0. The Labute approximate surface area is 184 Å². The first kappa shape index (κ1) is 24.5. The minimum atomic E-state index is -0.995. The number of aliphatic hydroxyl groups is 1. The molecule has 0 aliphatic heterocycles. The molecular weight excluding hydrogens is 400 g/mol. The Kier molecular flexibility index (Phi) is 8.28. The first-order valence-corrected chi connectivity index (χ1v) is 10.0. The zero-order valence-corrected chi connectivity index (χ0v) is 19.7. The van der Waals surface area contributed by atoms with Gasteiger partial charge < -0.3 is 33.5 Å². The highest BCUT2D eigenvalue weighted by molar-refractivity contribution is 5.55. The third-order valence-electron chi connectivity index (χ3n) is 5.61. The van der Waals surface area contributed by atoms with Crippen LogP contribution in [0.15, 0.2) is 24.3 Å². The quantitative estimate of drug-likeness (QED) is 0.575. The van der Waals surface area contributed by atoms with Crippen molar-refractivity contribution in [2.75, 3.05) is 42.7 Å². The molecule has 0 aliphatic rings. The fraction of sp³-hybridized carbons (Fsp3) is 0.500. The van der Waals surface area contributed by atoms with Gasteiger partial charge in [0.1, 0.15) is 0 Å². The van der Waals surface area contributed by atoms with Crippen molar-refractivity contribution in [2.24, 2.45) is 5.92 Å². The van der Waals surface area contributed by atoms with Crippen molar-refractivity contribution in [3.63, 3.8) is 0 Å². The Morgan fingerprint density at radius 1 is 0.677 bits per heavy atom. The predicted molar refractivity (Wildman–Crippen MR) is 119 cm³/mol. The third-order valence-corrected chi connectivity index (χ3v) is 5.61. The van der Waals surface area contributed by atoms with Crippen LogP contribution in [0.5, 0.6) is 34.5 Å². The maximum atomic E-state index is 11.3. The fourth-order valence-corrected chi connectivity index (χ4v) is 3.65. The van der Waals surface area contributed by atoms with Gasteiger partial charge in [-0.1, -0.05) is 6.92 Å². The average Bonchev–Trinajstić information content (AvgIpc) is 2.76. The lowest BCUT2D eigenvalue weighted by Gasteiger charge is -2.31. The van der Waals surface area contributed by atoms with E-state index < -0.39 is 5.60 Å². The average molecular weight is 435 g/mol. The number of ether oxygens (including phenoxy) is 6. The summed E-state index contributed by atoms with van der Waals surface area (Å²) >= 11 is 0. The summed E-state index contributed by atoms with van der Waals surface area (Å²) in [5.74, 6) is 3.30. The van der Waals surface area contributed by atoms with Crippen LogP contribution in [0.1, 0.15) is 25.0 Å². The second kappa shape index (κ2) is 10.5. The second-order valence-electron chi connectivity index (χ2n) is 7.71. The normalized spacial score (nSPS) is 13.7. The van der Waals surface area contributed by atoms with Crippen LogP contribution in [0.4, 0.5) is 0 Å². The summed E-state index contributed by atoms with van der Waals surface area (Å²) < 4.78 is 32.5. The van der Waals surface area contributed by atoms with E-state index in [2.05, 4.69) is 0 Å². The Balaban J connectivity index is 2.29. The van der Waals surface area contributed by atoms with Crippen LogP contribution in [-0.4, -0.2) is 53.4 Å². The van der Waals surface area contributed by atoms with E-state index in [0.717, 1.165) is 11.1 Å². The predicted octanol–water partition coefficient (Wildman–Crippen LogP) is 3.91. The van der Waals surface area contributed by atoms with Crippen molar-refractivity contribution < 1.29 is 33.5 Å². The van der Waals surface area contributed by atoms with E-state index in [0.29, 0.717) is 47.3 Å². The summed E-state index contributed by atoms with van der Waals surface area (Å²) in [4.78, 5) is 0. The molecule has 2 rings (SSSR count). The molecule has 0 amide bonds. The van der Waals surface area contributed by atoms with Gasteiger partial charge in [0, 0.05) is 6.42 Å². The molecule has 0 radical (unpaired) electrons. The van der Waals surface area contributed by atoms with Gasteiger partial charge in [-0.3, -0.25) is 0 Å². The van der Waals surface area contributed by atoms with Gasteiger partial charge in [0.05, 0.1) is 48.3 Å². The lowest BCUT2D eigenvalue weighted by atomic mass is 9.81. The highest BCUT2D eigenvalue weighted by Crippen LogP contribution is 2.41. The van der Waals surface area contributed by atoms with Gasteiger partial charge in [-0.2, -0.15) is 0 Å². The van der Waals surface area contributed by atoms with Crippen molar-refractivity contribution in [1.82, 2.24) is 0 Å². The summed E-state index contributed by atoms with van der Waals surface area (Å²) in [7, 11) is 9.47. The standard InChI is InChI=1S/C24H34O7/c1-15(9-16-10-18(26-3)22(30-7)19(11-16)27-4)24(2,25)14-17-12-20(28-5)23(31-8)21(13-17)29-6/h10-13,15,25H,9,14H2,1-8H3/t15-,24-/m0/s1. The van der Waals surface area contributed by atoms with Crippen LogP contribution in [0.2, 0.25) is 0 Å². The molecule has 2 aromatic carbocycles. The number of benzene rings is 2. The Morgan fingerprint density at radius 3 is 1.35 bits per heavy atom. The van der Waals surface area contributed by atoms with Crippen molar-refractivity contribution >= 4 is 0 Å². The van der Waals surface area contributed by atoms with E-state index in [9.17, 15) is 5.11 Å². The zero-order valence-electron chi connectivity index (χ0n) is 19.7. The summed E-state index contributed by atoms with van der Waals surface area (Å²) in [6, 6.07) is 7.55. The Morgan fingerprint density at radius 2 is 1.03 bits per heavy atom. The van der Waals surface area contributed by atoms with Gasteiger partial charge in [-0.05, 0) is 54.7 Å². The molecular formula is C24H34O7. The molecule has 172 valence electrons. The van der Waals surface area contributed by atoms with Gasteiger partial charge in [0.2, 0.25) is 11.5 Å². The molecule has 0 saturated carbocycles. The summed E-state index contributed by atoms with van der Waals surface area (Å²) in [6.07, 6.45) is 1.03. The van der Waals surface area contributed by atoms with Crippen LogP contribution in [0, 0.1) is 5.92 Å². The zero-order chi connectivity index (χ0) is 23.2. The fourth-order valence-electron chi connectivity index (χ4n) is 3.65. The lowest BCUT2D eigenvalue weighted by Crippen LogP contribution is -2.36. The molecule has 2 atom stereocenters. The number of methoxy groups -OCH3 is 6. The molecule has 31 heavy (non-hydrogen) atoms. The van der Waals surface area contributed by atoms with Crippen molar-refractivity contribution in [1.29, 1.82) is 0 Å². The molecule has 0 fully saturated rings. The van der Waals surface area contributed by atoms with E-state index in [1.165, 1.54) is 0 Å². The van der Waals surface area contributed by atoms with Gasteiger partial charge in [-0.15, -0.1) is 0 Å². The molecule has 0 unspecified atom stereocenters. The van der Waals surface area contributed by atoms with Crippen molar-refractivity contribution in [2.45, 2.75) is 32.3 Å². The van der Waals surface area contributed by atoms with Gasteiger partial charge in [0.25, 0.3) is 0 Å². The molecule has 0 aromatic heterocycles. The molecule has 0 saturated heterocycles. The molecule has 0 spiro atoms. The molecule has 7 heteroatoms. The number of hydrogen-bond acceptors (Lipinski definition) is 7. The smallest absolute Gasteiger partial charge is 0.203 e. The van der Waals surface area contributed by atoms with Gasteiger partial charge >= 0.3 is 0 Å². The molecule has 2 aromatic rings. The van der Waals surface area contributed by atoms with Crippen LogP contribution in [0.25, 0.3) is 0 Å². The summed E-state index contributed by atoms with van der Waals surface area (Å²) in [5, 5.41) is 11.3. The molecule has 7 nitrogen and oxygen atoms in total. The highest BCUT2D eigenvalue weighted by atomic mass is 16.5.